The van der Waals surface area contributed by atoms with Crippen molar-refractivity contribution >= 4 is 15.9 Å². The molecule has 0 aliphatic carbocycles. The van der Waals surface area contributed by atoms with Gasteiger partial charge in [-0.1, -0.05) is 22.0 Å². The van der Waals surface area contributed by atoms with Crippen LogP contribution in [0, 0.1) is 0 Å². The Morgan fingerprint density at radius 1 is 1.35 bits per heavy atom. The predicted molar refractivity (Wildman–Crippen MR) is 70.2 cm³/mol. The molecule has 0 aromatic heterocycles. The molecule has 1 aromatic carbocycles. The molecule has 0 unspecified atom stereocenters. The summed E-state index contributed by atoms with van der Waals surface area (Å²) >= 11 is 3.36. The zero-order chi connectivity index (χ0) is 12.7. The van der Waals surface area contributed by atoms with Gasteiger partial charge in [0.2, 0.25) is 0 Å². The highest BCUT2D eigenvalue weighted by atomic mass is 79.9. The van der Waals surface area contributed by atoms with Gasteiger partial charge in [0.05, 0.1) is 18.8 Å². The van der Waals surface area contributed by atoms with Gasteiger partial charge in [0.1, 0.15) is 12.4 Å². The summed E-state index contributed by atoms with van der Waals surface area (Å²) in [4.78, 5) is 0. The lowest BCUT2D eigenvalue weighted by Crippen LogP contribution is -2.50. The van der Waals surface area contributed by atoms with Gasteiger partial charge >= 0.3 is 0 Å². The smallest absolute Gasteiger partial charge is 0.120 e. The van der Waals surface area contributed by atoms with E-state index in [9.17, 15) is 0 Å². The van der Waals surface area contributed by atoms with Crippen LogP contribution in [0.15, 0.2) is 28.7 Å². The van der Waals surface area contributed by atoms with E-state index in [1.54, 1.807) is 6.92 Å². The van der Waals surface area contributed by atoms with Crippen molar-refractivity contribution in [2.75, 3.05) is 26.4 Å². The first-order valence-electron chi connectivity index (χ1n) is 5.45. The van der Waals surface area contributed by atoms with Crippen LogP contribution in [0.5, 0.6) is 5.75 Å². The maximum atomic E-state index is 9.07. The van der Waals surface area contributed by atoms with Crippen LogP contribution in [-0.4, -0.2) is 42.1 Å². The van der Waals surface area contributed by atoms with Crippen molar-refractivity contribution in [1.29, 1.82) is 0 Å². The fourth-order valence-corrected chi connectivity index (χ4v) is 1.62. The molecule has 0 bridgehead atoms. The minimum atomic E-state index is -0.652. The van der Waals surface area contributed by atoms with E-state index in [1.807, 2.05) is 24.3 Å². The second-order valence-corrected chi connectivity index (χ2v) is 5.03. The zero-order valence-electron chi connectivity index (χ0n) is 9.82. The van der Waals surface area contributed by atoms with Gasteiger partial charge in [0.25, 0.3) is 0 Å². The summed E-state index contributed by atoms with van der Waals surface area (Å²) in [6, 6.07) is 7.59. The molecule has 0 radical (unpaired) electrons. The Hall–Kier alpha value is -0.620. The van der Waals surface area contributed by atoms with Crippen LogP contribution in [0.3, 0.4) is 0 Å². The van der Waals surface area contributed by atoms with Gasteiger partial charge in [-0.3, -0.25) is 0 Å². The van der Waals surface area contributed by atoms with Crippen molar-refractivity contribution in [2.24, 2.45) is 0 Å². The van der Waals surface area contributed by atoms with Gasteiger partial charge in [0.15, 0.2) is 0 Å². The molecule has 0 spiro atoms. The molecular formula is C12H18BrNO3. The number of hydrogen-bond acceptors (Lipinski definition) is 4. The summed E-state index contributed by atoms with van der Waals surface area (Å²) in [5.74, 6) is 0.788. The monoisotopic (exact) mass is 303 g/mol. The number of rotatable bonds is 7. The summed E-state index contributed by atoms with van der Waals surface area (Å²) in [6.07, 6.45) is 0. The lowest BCUT2D eigenvalue weighted by molar-refractivity contribution is 0.100. The number of hydrogen-bond donors (Lipinski definition) is 3. The Labute approximate surface area is 110 Å². The largest absolute Gasteiger partial charge is 0.492 e. The molecular weight excluding hydrogens is 286 g/mol. The van der Waals surface area contributed by atoms with E-state index >= 15 is 0 Å². The average Bonchev–Trinajstić information content (AvgIpc) is 2.34. The fourth-order valence-electron chi connectivity index (χ4n) is 1.24. The fraction of sp³-hybridized carbons (Fsp3) is 0.500. The Kier molecular flexibility index (Phi) is 5.91. The molecule has 0 aliphatic rings. The zero-order valence-corrected chi connectivity index (χ0v) is 11.4. The third-order valence-electron chi connectivity index (χ3n) is 2.42. The molecule has 4 nitrogen and oxygen atoms in total. The molecule has 0 fully saturated rings. The van der Waals surface area contributed by atoms with Gasteiger partial charge in [-0.15, -0.1) is 0 Å². The second-order valence-electron chi connectivity index (χ2n) is 4.11. The first-order valence-corrected chi connectivity index (χ1v) is 6.24. The van der Waals surface area contributed by atoms with Crippen molar-refractivity contribution in [3.8, 4) is 5.75 Å². The molecule has 0 aliphatic heterocycles. The number of halogens is 1. The van der Waals surface area contributed by atoms with Gasteiger partial charge < -0.3 is 20.3 Å². The van der Waals surface area contributed by atoms with Crippen LogP contribution in [0.1, 0.15) is 6.92 Å². The molecule has 17 heavy (non-hydrogen) atoms. The summed E-state index contributed by atoms with van der Waals surface area (Å²) < 4.78 is 6.49. The van der Waals surface area contributed by atoms with Crippen molar-refractivity contribution in [3.63, 3.8) is 0 Å². The molecule has 0 saturated heterocycles. The highest BCUT2D eigenvalue weighted by Crippen LogP contribution is 2.17. The predicted octanol–water partition coefficient (Wildman–Crippen LogP) is 1.16. The van der Waals surface area contributed by atoms with Crippen LogP contribution in [-0.2, 0) is 0 Å². The first kappa shape index (κ1) is 14.4. The van der Waals surface area contributed by atoms with Crippen molar-refractivity contribution < 1.29 is 14.9 Å². The van der Waals surface area contributed by atoms with E-state index < -0.39 is 5.54 Å². The van der Waals surface area contributed by atoms with E-state index in [2.05, 4.69) is 21.2 Å². The third-order valence-corrected chi connectivity index (χ3v) is 2.91. The van der Waals surface area contributed by atoms with Gasteiger partial charge in [-0.25, -0.2) is 0 Å². The normalized spacial score (nSPS) is 11.5. The SMILES string of the molecule is CC(CO)(CO)NCCOc1cccc(Br)c1. The van der Waals surface area contributed by atoms with Crippen molar-refractivity contribution in [3.05, 3.63) is 28.7 Å². The Balaban J connectivity index is 2.29. The van der Waals surface area contributed by atoms with E-state index in [4.69, 9.17) is 14.9 Å². The van der Waals surface area contributed by atoms with Gasteiger partial charge in [0, 0.05) is 11.0 Å². The number of nitrogens with one attached hydrogen (secondary N) is 1. The summed E-state index contributed by atoms with van der Waals surface area (Å²) in [6.45, 7) is 2.57. The topological polar surface area (TPSA) is 61.7 Å². The van der Waals surface area contributed by atoms with Crippen LogP contribution < -0.4 is 10.1 Å². The number of aliphatic hydroxyl groups excluding tert-OH is 2. The lowest BCUT2D eigenvalue weighted by atomic mass is 10.1. The summed E-state index contributed by atoms with van der Waals surface area (Å²) in [5.41, 5.74) is -0.652. The standard InChI is InChI=1S/C12H18BrNO3/c1-12(8-15,9-16)14-5-6-17-11-4-2-3-10(13)7-11/h2-4,7,14-16H,5-6,8-9H2,1H3. The summed E-state index contributed by atoms with van der Waals surface area (Å²) in [7, 11) is 0. The quantitative estimate of drug-likeness (QED) is 0.662. The van der Waals surface area contributed by atoms with Crippen molar-refractivity contribution in [2.45, 2.75) is 12.5 Å². The molecule has 5 heteroatoms. The van der Waals surface area contributed by atoms with E-state index in [-0.39, 0.29) is 13.2 Å². The maximum absolute atomic E-state index is 9.07. The van der Waals surface area contributed by atoms with Crippen LogP contribution in [0.4, 0.5) is 0 Å². The van der Waals surface area contributed by atoms with E-state index in [0.717, 1.165) is 10.2 Å². The lowest BCUT2D eigenvalue weighted by Gasteiger charge is -2.26. The minimum Gasteiger partial charge on any atom is -0.492 e. The molecule has 1 rings (SSSR count). The first-order chi connectivity index (χ1) is 8.09. The summed E-state index contributed by atoms with van der Waals surface area (Å²) in [5, 5.41) is 21.2. The second kappa shape index (κ2) is 6.96. The number of ether oxygens (including phenoxy) is 1. The molecule has 1 aromatic rings. The third kappa shape index (κ3) is 5.04. The molecule has 0 saturated carbocycles. The Morgan fingerprint density at radius 2 is 2.06 bits per heavy atom. The van der Waals surface area contributed by atoms with E-state index in [0.29, 0.717) is 13.2 Å². The maximum Gasteiger partial charge on any atom is 0.120 e. The van der Waals surface area contributed by atoms with Crippen LogP contribution in [0.25, 0.3) is 0 Å². The van der Waals surface area contributed by atoms with Crippen molar-refractivity contribution in [1.82, 2.24) is 5.32 Å². The van der Waals surface area contributed by atoms with E-state index in [1.165, 1.54) is 0 Å². The molecule has 0 amide bonds. The Bertz CT molecular complexity index is 342. The highest BCUT2D eigenvalue weighted by molar-refractivity contribution is 9.10. The Morgan fingerprint density at radius 3 is 2.65 bits per heavy atom. The number of aliphatic hydroxyl groups is 2. The minimum absolute atomic E-state index is 0.111. The molecule has 96 valence electrons. The molecule has 3 N–H and O–H groups in total. The van der Waals surface area contributed by atoms with Gasteiger partial charge in [-0.2, -0.15) is 0 Å². The van der Waals surface area contributed by atoms with Gasteiger partial charge in [-0.05, 0) is 25.1 Å². The molecule has 0 heterocycles. The average molecular weight is 304 g/mol. The van der Waals surface area contributed by atoms with Crippen LogP contribution in [0.2, 0.25) is 0 Å². The highest BCUT2D eigenvalue weighted by Gasteiger charge is 2.20. The number of benzene rings is 1. The molecule has 0 atom stereocenters. The van der Waals surface area contributed by atoms with Crippen LogP contribution >= 0.6 is 15.9 Å².